The molecule has 0 aliphatic heterocycles. The van der Waals surface area contributed by atoms with Crippen molar-refractivity contribution >= 4 is 37.4 Å². The molecule has 0 aliphatic rings. The van der Waals surface area contributed by atoms with Crippen molar-refractivity contribution in [1.29, 1.82) is 0 Å². The lowest BCUT2D eigenvalue weighted by molar-refractivity contribution is 0.415. The molecule has 0 unspecified atom stereocenters. The molecule has 0 saturated carbocycles. The van der Waals surface area contributed by atoms with Crippen LogP contribution in [0.2, 0.25) is 0 Å². The largest absolute Gasteiger partial charge is 0.497 e. The molecule has 0 atom stereocenters. The topological polar surface area (TPSA) is 49.0 Å². The van der Waals surface area contributed by atoms with E-state index in [1.54, 1.807) is 28.4 Å². The van der Waals surface area contributed by atoms with E-state index in [1.807, 2.05) is 48.5 Å². The average Bonchev–Trinajstić information content (AvgIpc) is 2.93. The third kappa shape index (κ3) is 6.13. The first-order valence-corrected chi connectivity index (χ1v) is 13.8. The van der Waals surface area contributed by atoms with Crippen molar-refractivity contribution in [3.8, 4) is 23.0 Å². The summed E-state index contributed by atoms with van der Waals surface area (Å²) >= 11 is 0. The van der Waals surface area contributed by atoms with Gasteiger partial charge in [0.2, 0.25) is 0 Å². The lowest BCUT2D eigenvalue weighted by Crippen LogP contribution is -2.27. The second kappa shape index (κ2) is 12.0. The van der Waals surface area contributed by atoms with E-state index < -0.39 is 16.1 Å². The van der Waals surface area contributed by atoms with Gasteiger partial charge in [-0.05, 0) is 69.7 Å². The Hall–Kier alpha value is -3.10. The average molecular weight is 505 g/mol. The fraction of sp³-hybridized carbons (Fsp3) is 0.143. The summed E-state index contributed by atoms with van der Waals surface area (Å²) in [7, 11) is 4.83. The standard InChI is InChI=1S/C28H29NO4P2/c1-30-21-9-5-13-25(17-21)34(26-14-6-10-22(18-26)31-2)29-35(27-15-7-11-23(19-27)32-3)28-16-8-12-24(20-28)33-4/h5-20,29H,1-4H3. The highest BCUT2D eigenvalue weighted by Crippen LogP contribution is 2.43. The van der Waals surface area contributed by atoms with Crippen LogP contribution in [0.5, 0.6) is 23.0 Å². The maximum absolute atomic E-state index is 5.55. The van der Waals surface area contributed by atoms with Gasteiger partial charge in [-0.1, -0.05) is 48.5 Å². The zero-order valence-electron chi connectivity index (χ0n) is 20.3. The molecule has 180 valence electrons. The smallest absolute Gasteiger partial charge is 0.119 e. The van der Waals surface area contributed by atoms with Crippen LogP contribution in [0, 0.1) is 0 Å². The molecule has 0 aromatic heterocycles. The van der Waals surface area contributed by atoms with Crippen LogP contribution in [-0.2, 0) is 0 Å². The van der Waals surface area contributed by atoms with Crippen LogP contribution in [-0.4, -0.2) is 28.4 Å². The van der Waals surface area contributed by atoms with Gasteiger partial charge in [-0.2, -0.15) is 0 Å². The Kier molecular flexibility index (Phi) is 8.60. The Morgan fingerprint density at radius 2 is 0.686 bits per heavy atom. The first-order valence-electron chi connectivity index (χ1n) is 11.1. The lowest BCUT2D eigenvalue weighted by Gasteiger charge is -2.28. The number of ether oxygens (including phenoxy) is 4. The van der Waals surface area contributed by atoms with Gasteiger partial charge in [0.15, 0.2) is 0 Å². The molecule has 0 spiro atoms. The Balaban J connectivity index is 1.85. The predicted molar refractivity (Wildman–Crippen MR) is 147 cm³/mol. The van der Waals surface area contributed by atoms with E-state index >= 15 is 0 Å². The summed E-state index contributed by atoms with van der Waals surface area (Å²) < 4.78 is 22.2. The quantitative estimate of drug-likeness (QED) is 0.317. The zero-order chi connectivity index (χ0) is 24.6. The molecule has 0 saturated heterocycles. The highest BCUT2D eigenvalue weighted by Gasteiger charge is 2.23. The number of nitrogens with one attached hydrogen (secondary N) is 1. The number of hydrogen-bond acceptors (Lipinski definition) is 5. The highest BCUT2D eigenvalue weighted by molar-refractivity contribution is 7.85. The first kappa shape index (κ1) is 25.0. The molecule has 0 fully saturated rings. The summed E-state index contributed by atoms with van der Waals surface area (Å²) in [4.78, 5) is 4.03. The summed E-state index contributed by atoms with van der Waals surface area (Å²) in [6.07, 6.45) is 0. The number of hydrogen-bond donors (Lipinski definition) is 1. The second-order valence-corrected chi connectivity index (χ2v) is 11.8. The van der Waals surface area contributed by atoms with E-state index in [4.69, 9.17) is 18.9 Å². The van der Waals surface area contributed by atoms with Crippen molar-refractivity contribution in [1.82, 2.24) is 4.86 Å². The number of rotatable bonds is 10. The molecular weight excluding hydrogens is 476 g/mol. The SMILES string of the molecule is COc1cccc(P(NP(c2cccc(OC)c2)c2cccc(OC)c2)c2cccc(OC)c2)c1. The van der Waals surface area contributed by atoms with E-state index in [0.29, 0.717) is 0 Å². The zero-order valence-corrected chi connectivity index (χ0v) is 22.1. The van der Waals surface area contributed by atoms with E-state index in [-0.39, 0.29) is 0 Å². The Labute approximate surface area is 209 Å². The van der Waals surface area contributed by atoms with Gasteiger partial charge >= 0.3 is 0 Å². The van der Waals surface area contributed by atoms with E-state index in [2.05, 4.69) is 53.4 Å². The molecule has 4 aromatic rings. The summed E-state index contributed by atoms with van der Waals surface area (Å²) in [6, 6.07) is 33.0. The minimum atomic E-state index is -0.972. The van der Waals surface area contributed by atoms with Crippen LogP contribution in [0.3, 0.4) is 0 Å². The molecule has 0 bridgehead atoms. The summed E-state index contributed by atoms with van der Waals surface area (Å²) in [5, 5.41) is 4.63. The Morgan fingerprint density at radius 1 is 0.429 bits per heavy atom. The van der Waals surface area contributed by atoms with Crippen molar-refractivity contribution in [2.45, 2.75) is 0 Å². The van der Waals surface area contributed by atoms with Crippen LogP contribution in [0.25, 0.3) is 0 Å². The number of benzene rings is 4. The molecule has 35 heavy (non-hydrogen) atoms. The third-order valence-electron chi connectivity index (χ3n) is 5.45. The monoisotopic (exact) mass is 505 g/mol. The molecular formula is C28H29NO4P2. The minimum Gasteiger partial charge on any atom is -0.497 e. The molecule has 0 amide bonds. The molecule has 4 aromatic carbocycles. The highest BCUT2D eigenvalue weighted by atomic mass is 31.2. The van der Waals surface area contributed by atoms with Crippen molar-refractivity contribution in [3.05, 3.63) is 97.1 Å². The molecule has 7 heteroatoms. The van der Waals surface area contributed by atoms with Gasteiger partial charge in [-0.15, -0.1) is 0 Å². The minimum absolute atomic E-state index is 0.826. The lowest BCUT2D eigenvalue weighted by atomic mass is 10.3. The van der Waals surface area contributed by atoms with Gasteiger partial charge in [0.1, 0.15) is 23.0 Å². The van der Waals surface area contributed by atoms with E-state index in [9.17, 15) is 0 Å². The van der Waals surface area contributed by atoms with Gasteiger partial charge in [0.25, 0.3) is 0 Å². The van der Waals surface area contributed by atoms with Gasteiger partial charge in [0, 0.05) is 16.1 Å². The molecule has 4 rings (SSSR count). The first-order chi connectivity index (χ1) is 17.1. The van der Waals surface area contributed by atoms with Crippen LogP contribution in [0.1, 0.15) is 0 Å². The van der Waals surface area contributed by atoms with Crippen LogP contribution >= 0.6 is 16.1 Å². The van der Waals surface area contributed by atoms with Crippen LogP contribution < -0.4 is 45.0 Å². The van der Waals surface area contributed by atoms with Crippen molar-refractivity contribution in [3.63, 3.8) is 0 Å². The normalized spacial score (nSPS) is 10.9. The molecule has 0 aliphatic carbocycles. The third-order valence-corrected chi connectivity index (χ3v) is 10.2. The van der Waals surface area contributed by atoms with Gasteiger partial charge in [-0.25, -0.2) is 0 Å². The van der Waals surface area contributed by atoms with Crippen molar-refractivity contribution in [2.24, 2.45) is 0 Å². The maximum Gasteiger partial charge on any atom is 0.119 e. The van der Waals surface area contributed by atoms with Crippen LogP contribution in [0.15, 0.2) is 97.1 Å². The van der Waals surface area contributed by atoms with Crippen molar-refractivity contribution in [2.75, 3.05) is 28.4 Å². The van der Waals surface area contributed by atoms with Gasteiger partial charge in [-0.3, -0.25) is 4.86 Å². The molecule has 5 nitrogen and oxygen atoms in total. The van der Waals surface area contributed by atoms with Crippen molar-refractivity contribution < 1.29 is 18.9 Å². The van der Waals surface area contributed by atoms with E-state index in [0.717, 1.165) is 44.2 Å². The molecule has 1 N–H and O–H groups in total. The Morgan fingerprint density at radius 3 is 0.914 bits per heavy atom. The number of methoxy groups -OCH3 is 4. The molecule has 0 heterocycles. The summed E-state index contributed by atoms with van der Waals surface area (Å²) in [5.41, 5.74) is 0. The van der Waals surface area contributed by atoms with Gasteiger partial charge < -0.3 is 18.9 Å². The van der Waals surface area contributed by atoms with Gasteiger partial charge in [0.05, 0.1) is 28.4 Å². The maximum atomic E-state index is 5.55. The summed E-state index contributed by atoms with van der Waals surface area (Å²) in [5.74, 6) is 3.30. The fourth-order valence-electron chi connectivity index (χ4n) is 3.63. The predicted octanol–water partition coefficient (Wildman–Crippen LogP) is 4.71. The second-order valence-electron chi connectivity index (χ2n) is 7.58. The Bertz CT molecular complexity index is 1070. The fourth-order valence-corrected chi connectivity index (χ4v) is 8.84. The molecule has 0 radical (unpaired) electrons. The summed E-state index contributed by atoms with van der Waals surface area (Å²) in [6.45, 7) is 0. The van der Waals surface area contributed by atoms with Crippen LogP contribution in [0.4, 0.5) is 0 Å². The van der Waals surface area contributed by atoms with E-state index in [1.165, 1.54) is 0 Å².